The smallest absolute Gasteiger partial charge is 0.201 e. The lowest BCUT2D eigenvalue weighted by Gasteiger charge is -2.27. The summed E-state index contributed by atoms with van der Waals surface area (Å²) in [6.45, 7) is 2.66. The van der Waals surface area contributed by atoms with Crippen LogP contribution in [0.2, 0.25) is 0 Å². The van der Waals surface area contributed by atoms with Gasteiger partial charge in [0.25, 0.3) is 0 Å². The van der Waals surface area contributed by atoms with E-state index in [-0.39, 0.29) is 29.2 Å². The molecule has 3 aromatic rings. The van der Waals surface area contributed by atoms with Gasteiger partial charge in [-0.05, 0) is 54.7 Å². The molecule has 0 saturated carbocycles. The number of hydrogen-bond acceptors (Lipinski definition) is 2. The van der Waals surface area contributed by atoms with Gasteiger partial charge in [-0.2, -0.15) is 4.39 Å². The normalized spacial score (nSPS) is 19.0. The lowest BCUT2D eigenvalue weighted by Crippen LogP contribution is -2.22. The maximum Gasteiger partial charge on any atom is 0.201 e. The molecule has 1 heterocycles. The van der Waals surface area contributed by atoms with E-state index < -0.39 is 11.6 Å². The van der Waals surface area contributed by atoms with Gasteiger partial charge in [0.15, 0.2) is 11.6 Å². The van der Waals surface area contributed by atoms with Gasteiger partial charge in [0.1, 0.15) is 5.82 Å². The van der Waals surface area contributed by atoms with Crippen molar-refractivity contribution >= 4 is 0 Å². The van der Waals surface area contributed by atoms with E-state index in [1.165, 1.54) is 19.2 Å². The molecule has 1 saturated heterocycles. The van der Waals surface area contributed by atoms with Crippen LogP contribution in [0.4, 0.5) is 13.2 Å². The second-order valence-corrected chi connectivity index (χ2v) is 7.68. The SMILES string of the molecule is COc1ccc(-c2ccc(-c3ccc(C4CCC(C)OC4)cc3F)cc2)c(F)c1F. The third-order valence-corrected chi connectivity index (χ3v) is 5.74. The third-order valence-electron chi connectivity index (χ3n) is 5.74. The number of methoxy groups -OCH3 is 1. The molecule has 2 unspecified atom stereocenters. The zero-order chi connectivity index (χ0) is 21.3. The molecule has 0 aliphatic carbocycles. The highest BCUT2D eigenvalue weighted by molar-refractivity contribution is 5.71. The molecule has 1 fully saturated rings. The van der Waals surface area contributed by atoms with Gasteiger partial charge in [-0.3, -0.25) is 0 Å². The van der Waals surface area contributed by atoms with Gasteiger partial charge < -0.3 is 9.47 Å². The summed E-state index contributed by atoms with van der Waals surface area (Å²) in [7, 11) is 1.29. The second-order valence-electron chi connectivity index (χ2n) is 7.68. The first-order valence-corrected chi connectivity index (χ1v) is 10.0. The van der Waals surface area contributed by atoms with Crippen LogP contribution in [-0.4, -0.2) is 19.8 Å². The summed E-state index contributed by atoms with van der Waals surface area (Å²) in [4.78, 5) is 0. The quantitative estimate of drug-likeness (QED) is 0.473. The first-order chi connectivity index (χ1) is 14.5. The van der Waals surface area contributed by atoms with Gasteiger partial charge in [-0.1, -0.05) is 36.4 Å². The highest BCUT2D eigenvalue weighted by Crippen LogP contribution is 2.34. The lowest BCUT2D eigenvalue weighted by atomic mass is 9.90. The molecule has 0 radical (unpaired) electrons. The molecule has 4 rings (SSSR count). The van der Waals surface area contributed by atoms with E-state index in [0.29, 0.717) is 23.3 Å². The van der Waals surface area contributed by atoms with Crippen LogP contribution in [0.25, 0.3) is 22.3 Å². The first-order valence-electron chi connectivity index (χ1n) is 10.0. The average Bonchev–Trinajstić information content (AvgIpc) is 2.76. The van der Waals surface area contributed by atoms with Crippen LogP contribution in [-0.2, 0) is 4.74 Å². The first kappa shape index (κ1) is 20.5. The fourth-order valence-electron chi connectivity index (χ4n) is 3.91. The molecule has 156 valence electrons. The monoisotopic (exact) mass is 412 g/mol. The maximum atomic E-state index is 14.8. The molecule has 0 N–H and O–H groups in total. The van der Waals surface area contributed by atoms with Crippen LogP contribution in [0, 0.1) is 17.5 Å². The molecular weight excluding hydrogens is 389 g/mol. The van der Waals surface area contributed by atoms with Gasteiger partial charge >= 0.3 is 0 Å². The topological polar surface area (TPSA) is 18.5 Å². The van der Waals surface area contributed by atoms with Crippen molar-refractivity contribution in [2.75, 3.05) is 13.7 Å². The van der Waals surface area contributed by atoms with Crippen LogP contribution in [0.5, 0.6) is 5.75 Å². The Morgan fingerprint density at radius 3 is 2.10 bits per heavy atom. The molecule has 0 aromatic heterocycles. The van der Waals surface area contributed by atoms with Crippen LogP contribution < -0.4 is 4.74 Å². The molecule has 5 heteroatoms. The molecule has 0 bridgehead atoms. The zero-order valence-corrected chi connectivity index (χ0v) is 16.9. The Kier molecular flexibility index (Phi) is 5.82. The average molecular weight is 412 g/mol. The fraction of sp³-hybridized carbons (Fsp3) is 0.280. The van der Waals surface area contributed by atoms with E-state index in [2.05, 4.69) is 6.92 Å². The van der Waals surface area contributed by atoms with Crippen molar-refractivity contribution in [3.63, 3.8) is 0 Å². The number of halogens is 3. The van der Waals surface area contributed by atoms with E-state index in [1.54, 1.807) is 36.4 Å². The van der Waals surface area contributed by atoms with Gasteiger partial charge in [0.2, 0.25) is 5.82 Å². The molecule has 1 aliphatic heterocycles. The number of ether oxygens (including phenoxy) is 2. The Bertz CT molecular complexity index is 1040. The number of hydrogen-bond donors (Lipinski definition) is 0. The Morgan fingerprint density at radius 1 is 0.833 bits per heavy atom. The number of rotatable bonds is 4. The summed E-state index contributed by atoms with van der Waals surface area (Å²) in [5, 5.41) is 0. The van der Waals surface area contributed by atoms with E-state index in [1.807, 2.05) is 6.07 Å². The summed E-state index contributed by atoms with van der Waals surface area (Å²) in [5.41, 5.74) is 2.71. The molecule has 30 heavy (non-hydrogen) atoms. The van der Waals surface area contributed by atoms with Crippen LogP contribution in [0.3, 0.4) is 0 Å². The minimum absolute atomic E-state index is 0.127. The predicted octanol–water partition coefficient (Wildman–Crippen LogP) is 6.73. The Labute approximate surface area is 174 Å². The zero-order valence-electron chi connectivity index (χ0n) is 16.9. The minimum Gasteiger partial charge on any atom is -0.494 e. The third kappa shape index (κ3) is 3.94. The summed E-state index contributed by atoms with van der Waals surface area (Å²) in [6, 6.07) is 14.9. The summed E-state index contributed by atoms with van der Waals surface area (Å²) in [6.07, 6.45) is 2.21. The molecule has 3 aromatic carbocycles. The second kappa shape index (κ2) is 8.52. The van der Waals surface area contributed by atoms with Crippen LogP contribution >= 0.6 is 0 Å². The summed E-state index contributed by atoms with van der Waals surface area (Å²) < 4.78 is 53.7. The molecule has 0 amide bonds. The van der Waals surface area contributed by atoms with Gasteiger partial charge in [-0.25, -0.2) is 8.78 Å². The summed E-state index contributed by atoms with van der Waals surface area (Å²) in [5.74, 6) is -2.24. The van der Waals surface area contributed by atoms with E-state index in [0.717, 1.165) is 18.4 Å². The summed E-state index contributed by atoms with van der Waals surface area (Å²) >= 11 is 0. The van der Waals surface area contributed by atoms with E-state index in [9.17, 15) is 13.2 Å². The van der Waals surface area contributed by atoms with Crippen molar-refractivity contribution in [3.05, 3.63) is 77.6 Å². The molecular formula is C25H23F3O2. The molecule has 0 spiro atoms. The minimum atomic E-state index is -1.03. The van der Waals surface area contributed by atoms with Crippen molar-refractivity contribution in [3.8, 4) is 28.0 Å². The molecule has 1 aliphatic rings. The Balaban J connectivity index is 1.58. The largest absolute Gasteiger partial charge is 0.494 e. The van der Waals surface area contributed by atoms with Crippen LogP contribution in [0.1, 0.15) is 31.2 Å². The van der Waals surface area contributed by atoms with Gasteiger partial charge in [0, 0.05) is 17.0 Å². The standard InChI is InChI=1S/C25H23F3O2/c1-15-3-4-19(14-30-15)18-9-10-20(22(26)13-18)16-5-7-17(8-6-16)21-11-12-23(29-2)25(28)24(21)27/h5-13,15,19H,3-4,14H2,1-2H3. The van der Waals surface area contributed by atoms with Crippen molar-refractivity contribution in [2.45, 2.75) is 31.8 Å². The van der Waals surface area contributed by atoms with Crippen molar-refractivity contribution in [1.82, 2.24) is 0 Å². The maximum absolute atomic E-state index is 14.8. The van der Waals surface area contributed by atoms with E-state index >= 15 is 0 Å². The molecule has 2 atom stereocenters. The van der Waals surface area contributed by atoms with Crippen molar-refractivity contribution < 1.29 is 22.6 Å². The Morgan fingerprint density at radius 2 is 1.50 bits per heavy atom. The van der Waals surface area contributed by atoms with Crippen molar-refractivity contribution in [2.24, 2.45) is 0 Å². The Hall–Kier alpha value is -2.79. The van der Waals surface area contributed by atoms with Crippen LogP contribution in [0.15, 0.2) is 54.6 Å². The van der Waals surface area contributed by atoms with Gasteiger partial charge in [-0.15, -0.1) is 0 Å². The van der Waals surface area contributed by atoms with E-state index in [4.69, 9.17) is 9.47 Å². The fourth-order valence-corrected chi connectivity index (χ4v) is 3.91. The molecule has 2 nitrogen and oxygen atoms in total. The van der Waals surface area contributed by atoms with Crippen molar-refractivity contribution in [1.29, 1.82) is 0 Å². The van der Waals surface area contributed by atoms with Gasteiger partial charge in [0.05, 0.1) is 19.8 Å². The highest BCUT2D eigenvalue weighted by atomic mass is 19.2. The predicted molar refractivity (Wildman–Crippen MR) is 111 cm³/mol. The number of benzene rings is 3. The lowest BCUT2D eigenvalue weighted by molar-refractivity contribution is 0.0154. The highest BCUT2D eigenvalue weighted by Gasteiger charge is 2.21.